The molecule has 0 atom stereocenters. The van der Waals surface area contributed by atoms with E-state index in [1.165, 1.54) is 0 Å². The van der Waals surface area contributed by atoms with Gasteiger partial charge in [0, 0.05) is 23.1 Å². The number of hydrogen-bond donors (Lipinski definition) is 0. The first-order valence-corrected chi connectivity index (χ1v) is 7.27. The lowest BCUT2D eigenvalue weighted by molar-refractivity contribution is 0.262. The largest absolute Gasteiger partial charge is 0.483 e. The summed E-state index contributed by atoms with van der Waals surface area (Å²) >= 11 is 0. The molecule has 0 aliphatic carbocycles. The van der Waals surface area contributed by atoms with Gasteiger partial charge in [0.15, 0.2) is 17.4 Å². The van der Waals surface area contributed by atoms with Gasteiger partial charge in [-0.25, -0.2) is 13.6 Å². The maximum Gasteiger partial charge on any atom is 0.336 e. The Balaban J connectivity index is 2.05. The van der Waals surface area contributed by atoms with Crippen molar-refractivity contribution in [3.63, 3.8) is 0 Å². The van der Waals surface area contributed by atoms with E-state index in [1.54, 1.807) is 12.1 Å². The molecule has 0 aliphatic rings. The van der Waals surface area contributed by atoms with Crippen LogP contribution in [0.3, 0.4) is 0 Å². The zero-order chi connectivity index (χ0) is 18.3. The van der Waals surface area contributed by atoms with Crippen LogP contribution in [0.4, 0.5) is 17.6 Å². The van der Waals surface area contributed by atoms with E-state index in [0.717, 1.165) is 17.2 Å². The molecule has 0 saturated heterocycles. The molecule has 0 unspecified atom stereocenters. The molecule has 0 bridgehead atoms. The highest BCUT2D eigenvalue weighted by Gasteiger charge is 2.21. The Bertz CT molecular complexity index is 1010. The third-order valence-electron chi connectivity index (χ3n) is 3.89. The van der Waals surface area contributed by atoms with Crippen molar-refractivity contribution in [2.45, 2.75) is 20.5 Å². The first kappa shape index (κ1) is 17.0. The van der Waals surface area contributed by atoms with Crippen LogP contribution in [0.5, 0.6) is 5.75 Å². The van der Waals surface area contributed by atoms with Crippen molar-refractivity contribution < 1.29 is 26.7 Å². The van der Waals surface area contributed by atoms with Gasteiger partial charge in [-0.15, -0.1) is 0 Å². The predicted octanol–water partition coefficient (Wildman–Crippen LogP) is 4.55. The summed E-state index contributed by atoms with van der Waals surface area (Å²) in [5, 5.41) is 0.500. The van der Waals surface area contributed by atoms with Crippen molar-refractivity contribution in [3.8, 4) is 5.75 Å². The smallest absolute Gasteiger partial charge is 0.336 e. The fourth-order valence-corrected chi connectivity index (χ4v) is 2.43. The normalized spacial score (nSPS) is 11.1. The van der Waals surface area contributed by atoms with E-state index in [1.807, 2.05) is 13.8 Å². The average molecular weight is 352 g/mol. The number of rotatable bonds is 3. The molecule has 0 saturated carbocycles. The Kier molecular flexibility index (Phi) is 4.24. The molecule has 3 nitrogen and oxygen atoms in total. The minimum Gasteiger partial charge on any atom is -0.483 e. The molecule has 0 aliphatic heterocycles. The van der Waals surface area contributed by atoms with E-state index in [9.17, 15) is 22.4 Å². The Morgan fingerprint density at radius 3 is 2.16 bits per heavy atom. The molecule has 0 spiro atoms. The summed E-state index contributed by atoms with van der Waals surface area (Å²) in [4.78, 5) is 11.7. The second-order valence-electron chi connectivity index (χ2n) is 5.61. The van der Waals surface area contributed by atoms with Gasteiger partial charge >= 0.3 is 5.63 Å². The highest BCUT2D eigenvalue weighted by atomic mass is 19.2. The van der Waals surface area contributed by atoms with E-state index in [2.05, 4.69) is 0 Å². The van der Waals surface area contributed by atoms with Crippen molar-refractivity contribution in [2.24, 2.45) is 0 Å². The molecular weight excluding hydrogens is 340 g/mol. The van der Waals surface area contributed by atoms with Gasteiger partial charge in [0.2, 0.25) is 11.6 Å². The minimum absolute atomic E-state index is 0.0935. The standard InChI is InChI=1S/C18H12F4O3/c1-8-3-11-10(5-15(23)25-14(11)4-9(8)2)7-24-18-16(21)12(19)6-13(20)17(18)22/h3-6H,7H2,1-2H3. The van der Waals surface area contributed by atoms with Gasteiger partial charge < -0.3 is 9.15 Å². The fraction of sp³-hybridized carbons (Fsp3) is 0.167. The summed E-state index contributed by atoms with van der Waals surface area (Å²) in [6, 6.07) is 4.57. The quantitative estimate of drug-likeness (QED) is 0.395. The van der Waals surface area contributed by atoms with E-state index in [-0.39, 0.29) is 17.2 Å². The fourth-order valence-electron chi connectivity index (χ4n) is 2.43. The van der Waals surface area contributed by atoms with Gasteiger partial charge in [0.1, 0.15) is 12.2 Å². The van der Waals surface area contributed by atoms with Crippen LogP contribution in [0.1, 0.15) is 16.7 Å². The molecule has 130 valence electrons. The van der Waals surface area contributed by atoms with E-state index >= 15 is 0 Å². The Hall–Kier alpha value is -2.83. The third kappa shape index (κ3) is 3.09. The Morgan fingerprint density at radius 1 is 0.920 bits per heavy atom. The minimum atomic E-state index is -1.64. The summed E-state index contributed by atoms with van der Waals surface area (Å²) in [5.74, 6) is -7.60. The zero-order valence-corrected chi connectivity index (χ0v) is 13.3. The Morgan fingerprint density at radius 2 is 1.52 bits per heavy atom. The van der Waals surface area contributed by atoms with Crippen LogP contribution in [-0.4, -0.2) is 0 Å². The Labute approximate surface area is 139 Å². The number of hydrogen-bond acceptors (Lipinski definition) is 3. The first-order valence-electron chi connectivity index (χ1n) is 7.27. The van der Waals surface area contributed by atoms with E-state index in [4.69, 9.17) is 9.15 Å². The van der Waals surface area contributed by atoms with Crippen molar-refractivity contribution in [3.05, 3.63) is 74.6 Å². The molecule has 3 rings (SSSR count). The summed E-state index contributed by atoms with van der Waals surface area (Å²) in [6.45, 7) is 3.20. The van der Waals surface area contributed by atoms with E-state index in [0.29, 0.717) is 5.39 Å². The molecule has 25 heavy (non-hydrogen) atoms. The summed E-state index contributed by atoms with van der Waals surface area (Å²) in [6.07, 6.45) is 0. The monoisotopic (exact) mass is 352 g/mol. The van der Waals surface area contributed by atoms with Gasteiger partial charge in [0.25, 0.3) is 0 Å². The topological polar surface area (TPSA) is 39.4 Å². The van der Waals surface area contributed by atoms with Crippen LogP contribution in [0.25, 0.3) is 11.0 Å². The van der Waals surface area contributed by atoms with Crippen LogP contribution in [0, 0.1) is 37.1 Å². The van der Waals surface area contributed by atoms with Crippen molar-refractivity contribution in [2.75, 3.05) is 0 Å². The molecule has 1 aromatic heterocycles. The first-order chi connectivity index (χ1) is 11.8. The highest BCUT2D eigenvalue weighted by Crippen LogP contribution is 2.28. The molecule has 2 aromatic carbocycles. The SMILES string of the molecule is Cc1cc2oc(=O)cc(COc3c(F)c(F)cc(F)c3F)c2cc1C. The molecule has 0 amide bonds. The second kappa shape index (κ2) is 6.23. The van der Waals surface area contributed by atoms with Crippen molar-refractivity contribution >= 4 is 11.0 Å². The number of aryl methyl sites for hydroxylation is 2. The number of ether oxygens (including phenoxy) is 1. The average Bonchev–Trinajstić information content (AvgIpc) is 2.54. The molecule has 1 heterocycles. The molecule has 3 aromatic rings. The summed E-state index contributed by atoms with van der Waals surface area (Å²) in [7, 11) is 0. The number of fused-ring (bicyclic) bond motifs is 1. The molecule has 0 N–H and O–H groups in total. The second-order valence-corrected chi connectivity index (χ2v) is 5.61. The number of halogens is 4. The molecule has 0 radical (unpaired) electrons. The van der Waals surface area contributed by atoms with Crippen LogP contribution >= 0.6 is 0 Å². The summed E-state index contributed by atoms with van der Waals surface area (Å²) in [5.41, 5.74) is 1.66. The van der Waals surface area contributed by atoms with Crippen LogP contribution in [0.15, 0.2) is 33.5 Å². The maximum absolute atomic E-state index is 13.7. The van der Waals surface area contributed by atoms with Crippen LogP contribution in [0.2, 0.25) is 0 Å². The van der Waals surface area contributed by atoms with Gasteiger partial charge in [-0.3, -0.25) is 0 Å². The summed E-state index contributed by atoms with van der Waals surface area (Å²) < 4.78 is 63.8. The van der Waals surface area contributed by atoms with Crippen LogP contribution in [-0.2, 0) is 6.61 Å². The third-order valence-corrected chi connectivity index (χ3v) is 3.89. The zero-order valence-electron chi connectivity index (χ0n) is 13.3. The lowest BCUT2D eigenvalue weighted by Crippen LogP contribution is -2.07. The van der Waals surface area contributed by atoms with Crippen molar-refractivity contribution in [1.82, 2.24) is 0 Å². The van der Waals surface area contributed by atoms with Gasteiger partial charge in [-0.1, -0.05) is 0 Å². The molecule has 7 heteroatoms. The lowest BCUT2D eigenvalue weighted by Gasteiger charge is -2.11. The van der Waals surface area contributed by atoms with Gasteiger partial charge in [-0.05, 0) is 37.1 Å². The van der Waals surface area contributed by atoms with Gasteiger partial charge in [-0.2, -0.15) is 8.78 Å². The predicted molar refractivity (Wildman–Crippen MR) is 82.6 cm³/mol. The molecular formula is C18H12F4O3. The lowest BCUT2D eigenvalue weighted by atomic mass is 10.0. The van der Waals surface area contributed by atoms with Crippen molar-refractivity contribution in [1.29, 1.82) is 0 Å². The van der Waals surface area contributed by atoms with Crippen LogP contribution < -0.4 is 10.4 Å². The number of benzene rings is 2. The van der Waals surface area contributed by atoms with E-state index < -0.39 is 41.3 Å². The van der Waals surface area contributed by atoms with Gasteiger partial charge in [0.05, 0.1) is 0 Å². The highest BCUT2D eigenvalue weighted by molar-refractivity contribution is 5.81. The maximum atomic E-state index is 13.7. The molecule has 0 fully saturated rings.